The zero-order valence-electron chi connectivity index (χ0n) is 67.4. The van der Waals surface area contributed by atoms with Crippen LogP contribution in [0.4, 0.5) is 0 Å². The van der Waals surface area contributed by atoms with E-state index in [-0.39, 0.29) is 114 Å². The molecule has 3 aromatic rings. The van der Waals surface area contributed by atoms with Crippen LogP contribution in [-0.2, 0) is 80.0 Å². The summed E-state index contributed by atoms with van der Waals surface area (Å²) in [4.78, 5) is 212. The van der Waals surface area contributed by atoms with Crippen molar-refractivity contribution in [2.24, 2.45) is 114 Å². The molecular weight excluding hydrogens is 1510 g/mol. The summed E-state index contributed by atoms with van der Waals surface area (Å²) in [5.41, 5.74) is 46.4. The lowest BCUT2D eigenvalue weighted by Crippen LogP contribution is -2.53. The van der Waals surface area contributed by atoms with Crippen molar-refractivity contribution in [2.75, 3.05) is 44.8 Å². The lowest BCUT2D eigenvalue weighted by Gasteiger charge is -2.29. The number of rotatable bonds is 59. The molecule has 0 aliphatic heterocycles. The third kappa shape index (κ3) is 36.0. The second-order valence-electron chi connectivity index (χ2n) is 30.1. The number of carboxylic acid groups (broad SMARTS) is 1. The number of benzene rings is 2. The van der Waals surface area contributed by atoms with Crippen LogP contribution in [0, 0.1) is 53.3 Å². The number of carboxylic acids is 1. The SMILES string of the molecule is CC[C@H](C)[C@H](CC(=O)[C@@H](NC(=O)C(CC(=O)[C@H](CCCN=C(N)N)NC(=O)[C@@H](CC(=O)[C@H](CC(C)C)NC(=O)[C@H](CCSC)CC(=O)[C@H](CCCN=C(N)N)NC(=O)CN)Cc1ccccc1)C(C)C)[C@@H](C)O)C(=O)N[C@@H](CC(=O)O)C(=O)C[C@@H](CO)C(=O)N[C@@H](Cc1c[nH]c2ccccc12)C(=O)C[C@@H](CCCN=C(N)N)C(N)=O. The van der Waals surface area contributed by atoms with E-state index in [1.54, 1.807) is 88.5 Å². The molecule has 0 spiro atoms. The highest BCUT2D eigenvalue weighted by Gasteiger charge is 2.40. The number of nitrogens with one attached hydrogen (secondary N) is 7. The summed E-state index contributed by atoms with van der Waals surface area (Å²) >= 11 is 1.43. The van der Waals surface area contributed by atoms with Crippen LogP contribution in [0.15, 0.2) is 75.8 Å². The van der Waals surface area contributed by atoms with E-state index in [0.717, 1.165) is 0 Å². The minimum Gasteiger partial charge on any atom is -0.481 e. The quantitative estimate of drug-likeness (QED) is 0.0205. The fraction of sp³-hybridized carbons (Fsp3) is 0.608. The Kier molecular flexibility index (Phi) is 44.4. The van der Waals surface area contributed by atoms with Crippen molar-refractivity contribution in [3.63, 3.8) is 0 Å². The summed E-state index contributed by atoms with van der Waals surface area (Å²) in [6.45, 7) is 10.3. The van der Waals surface area contributed by atoms with Crippen LogP contribution < -0.4 is 77.8 Å². The number of ketones is 6. The predicted octanol–water partition coefficient (Wildman–Crippen LogP) is 0.268. The van der Waals surface area contributed by atoms with Crippen LogP contribution in [0.3, 0.4) is 0 Å². The Morgan fingerprint density at radius 3 is 1.50 bits per heavy atom. The van der Waals surface area contributed by atoms with Gasteiger partial charge in [0.05, 0.1) is 61.8 Å². The van der Waals surface area contributed by atoms with Gasteiger partial charge in [-0.25, -0.2) is 0 Å². The standard InChI is InChI=1S/C79H124N18O17S/c1-9-45(6)55(76(114)96-61(39-69(107)108)65(103)36-52(42-98)74(112)95-60(32-51-41-91-56-22-14-13-21-53(51)56)63(101)33-48(71(81)109)20-15-26-88-77(82)83)38-67(105)70(46(7)99)97-75(113)54(44(4)5)37-66(104)58(24-17-28-90-79(86)87)93-73(111)50(31-47-18-11-10-12-19-47)35-64(102)59(30-43(2)3)94-72(110)49(25-29-115-8)34-62(100)57(92-68(106)40-80)23-16-27-89-78(84)85/h10-14,18-19,21-22,41,43-46,48-50,52,54-55,57-61,70,91,98-99H,9,15-17,20,23-40,42,80H2,1-8H3,(H2,81,109)(H,92,106)(H,93,111)(H,94,110)(H,95,112)(H,96,114)(H,97,113)(H,107,108)(H4,82,83,88)(H4,84,85,89)(H4,86,87,90)/t45-,46+,48+,49+,50+,52-,54?,55-,57-,58-,59-,60-,61-,70-/m0/s1. The van der Waals surface area contributed by atoms with Crippen LogP contribution in [0.25, 0.3) is 10.9 Å². The molecule has 26 N–H and O–H groups in total. The highest BCUT2D eigenvalue weighted by atomic mass is 32.2. The summed E-state index contributed by atoms with van der Waals surface area (Å²) in [7, 11) is 0. The van der Waals surface area contributed by atoms with Crippen molar-refractivity contribution in [3.8, 4) is 0 Å². The first-order valence-corrected chi connectivity index (χ1v) is 40.5. The molecule has 0 saturated carbocycles. The maximum atomic E-state index is 15.0. The second-order valence-corrected chi connectivity index (χ2v) is 31.1. The fourth-order valence-corrected chi connectivity index (χ4v) is 13.8. The van der Waals surface area contributed by atoms with E-state index in [4.69, 9.17) is 45.9 Å². The number of hydrogen-bond donors (Lipinski definition) is 18. The Hall–Kier alpha value is -10.2. The number of aliphatic imine (C=N–C) groups is 3. The monoisotopic (exact) mass is 1630 g/mol. The molecule has 36 heteroatoms. The molecule has 35 nitrogen and oxygen atoms in total. The van der Waals surface area contributed by atoms with E-state index in [1.807, 2.05) is 20.1 Å². The summed E-state index contributed by atoms with van der Waals surface area (Å²) in [6.07, 6.45) is -1.20. The number of amides is 7. The number of aliphatic carboxylic acids is 1. The summed E-state index contributed by atoms with van der Waals surface area (Å²) in [6, 6.07) is 7.37. The Morgan fingerprint density at radius 1 is 0.496 bits per heavy atom. The van der Waals surface area contributed by atoms with Crippen molar-refractivity contribution in [2.45, 2.75) is 206 Å². The van der Waals surface area contributed by atoms with Gasteiger partial charge in [-0.3, -0.25) is 82.1 Å². The molecule has 1 aromatic heterocycles. The van der Waals surface area contributed by atoms with Crippen molar-refractivity contribution < 1.29 is 82.4 Å². The number of aromatic amines is 1. The molecular formula is C79H124N18O17S. The van der Waals surface area contributed by atoms with E-state index in [2.05, 4.69) is 51.9 Å². The number of thioether (sulfide) groups is 1. The molecule has 3 rings (SSSR count). The first kappa shape index (κ1) is 99.0. The molecule has 1 unspecified atom stereocenters. The maximum absolute atomic E-state index is 15.0. The van der Waals surface area contributed by atoms with Gasteiger partial charge in [-0.05, 0) is 112 Å². The summed E-state index contributed by atoms with van der Waals surface area (Å²) < 4.78 is 0. The van der Waals surface area contributed by atoms with E-state index in [1.165, 1.54) is 18.7 Å². The molecule has 0 saturated heterocycles. The van der Waals surface area contributed by atoms with Crippen LogP contribution in [0.2, 0.25) is 0 Å². The minimum absolute atomic E-state index is 0.00602. The van der Waals surface area contributed by atoms with Gasteiger partial charge in [0.2, 0.25) is 41.4 Å². The zero-order valence-corrected chi connectivity index (χ0v) is 68.2. The van der Waals surface area contributed by atoms with E-state index >= 15 is 0 Å². The maximum Gasteiger partial charge on any atom is 0.305 e. The molecule has 115 heavy (non-hydrogen) atoms. The third-order valence-electron chi connectivity index (χ3n) is 20.1. The zero-order chi connectivity index (χ0) is 86.2. The molecule has 0 aliphatic rings. The molecule has 2 aromatic carbocycles. The lowest BCUT2D eigenvalue weighted by atomic mass is 9.83. The highest BCUT2D eigenvalue weighted by molar-refractivity contribution is 7.98. The average Bonchev–Trinajstić information content (AvgIpc) is 1.73. The number of guanidine groups is 3. The Labute approximate surface area is 676 Å². The minimum atomic E-state index is -1.86. The molecule has 0 aliphatic carbocycles. The molecule has 7 amide bonds. The lowest BCUT2D eigenvalue weighted by molar-refractivity contribution is -0.142. The fourth-order valence-electron chi connectivity index (χ4n) is 13.3. The average molecular weight is 1630 g/mol. The van der Waals surface area contributed by atoms with Crippen LogP contribution in [0.1, 0.15) is 162 Å². The highest BCUT2D eigenvalue weighted by Crippen LogP contribution is 2.28. The number of hydrogen-bond acceptors (Lipinski definition) is 21. The first-order chi connectivity index (χ1) is 54.3. The van der Waals surface area contributed by atoms with E-state index < -0.39 is 223 Å². The van der Waals surface area contributed by atoms with Crippen LogP contribution in [0.5, 0.6) is 0 Å². The first-order valence-electron chi connectivity index (χ1n) is 39.1. The molecule has 638 valence electrons. The Bertz CT molecular complexity index is 3820. The number of carbonyl (C=O) groups excluding carboxylic acids is 13. The van der Waals surface area contributed by atoms with Gasteiger partial charge in [0.25, 0.3) is 0 Å². The van der Waals surface area contributed by atoms with Crippen molar-refractivity contribution >= 4 is 123 Å². The topological polar surface area (TPSA) is 633 Å². The van der Waals surface area contributed by atoms with Crippen LogP contribution >= 0.6 is 11.8 Å². The number of carbonyl (C=O) groups is 14. The van der Waals surface area contributed by atoms with Gasteiger partial charge < -0.3 is 98.1 Å². The largest absolute Gasteiger partial charge is 0.481 e. The number of aliphatic hydroxyl groups excluding tert-OH is 2. The summed E-state index contributed by atoms with van der Waals surface area (Å²) in [5, 5.41) is 48.7. The molecule has 0 radical (unpaired) electrons. The van der Waals surface area contributed by atoms with Gasteiger partial charge in [-0.2, -0.15) is 11.8 Å². The number of fused-ring (bicyclic) bond motifs is 1. The van der Waals surface area contributed by atoms with Gasteiger partial charge in [-0.1, -0.05) is 96.5 Å². The number of aromatic nitrogens is 1. The molecule has 0 bridgehead atoms. The Morgan fingerprint density at radius 2 is 0.965 bits per heavy atom. The van der Waals surface area contributed by atoms with E-state index in [0.29, 0.717) is 34.2 Å². The number of aliphatic hydroxyl groups is 2. The molecule has 1 heterocycles. The van der Waals surface area contributed by atoms with Gasteiger partial charge in [-0.15, -0.1) is 0 Å². The van der Waals surface area contributed by atoms with Gasteiger partial charge in [0.1, 0.15) is 6.04 Å². The van der Waals surface area contributed by atoms with E-state index in [9.17, 15) is 82.4 Å². The number of nitrogens with zero attached hydrogens (tertiary/aromatic N) is 3. The Balaban J connectivity index is 1.95. The number of para-hydroxylation sites is 1. The number of H-pyrrole nitrogens is 1. The van der Waals surface area contributed by atoms with Crippen molar-refractivity contribution in [3.05, 3.63) is 71.9 Å². The normalized spacial score (nSPS) is 15.0. The van der Waals surface area contributed by atoms with Gasteiger partial charge in [0, 0.05) is 111 Å². The van der Waals surface area contributed by atoms with Crippen LogP contribution in [-0.4, -0.2) is 207 Å². The predicted molar refractivity (Wildman–Crippen MR) is 438 cm³/mol. The smallest absolute Gasteiger partial charge is 0.305 e. The van der Waals surface area contributed by atoms with Gasteiger partial charge in [0.15, 0.2) is 52.6 Å². The number of Topliss-reactive ketones (excluding diaryl/α,β-unsaturated/α-hetero) is 6. The number of primary amides is 1. The number of nitrogens with two attached hydrogens (primary N) is 8. The van der Waals surface area contributed by atoms with Crippen molar-refractivity contribution in [1.82, 2.24) is 36.9 Å². The summed E-state index contributed by atoms with van der Waals surface area (Å²) in [5.74, 6) is -20.3. The van der Waals surface area contributed by atoms with Gasteiger partial charge >= 0.3 is 5.97 Å². The second kappa shape index (κ2) is 51.6. The third-order valence-corrected chi connectivity index (χ3v) is 20.8. The van der Waals surface area contributed by atoms with Crippen molar-refractivity contribution in [1.29, 1.82) is 0 Å². The molecule has 14 atom stereocenters. The molecule has 0 fully saturated rings.